The van der Waals surface area contributed by atoms with Gasteiger partial charge in [0.05, 0.1) is 5.56 Å². The zero-order valence-electron chi connectivity index (χ0n) is 13.7. The zero-order valence-corrected chi connectivity index (χ0v) is 13.7. The number of carbonyl (C=O) groups is 1. The summed E-state index contributed by atoms with van der Waals surface area (Å²) in [5.41, 5.74) is 1.30. The number of halogens is 2. The number of carbonyl (C=O) groups excluding carboxylic acids is 1. The molecule has 1 saturated heterocycles. The first kappa shape index (κ1) is 17.2. The van der Waals surface area contributed by atoms with Gasteiger partial charge in [-0.15, -0.1) is 0 Å². The Balaban J connectivity index is 1.55. The van der Waals surface area contributed by atoms with Crippen molar-refractivity contribution in [2.24, 2.45) is 5.92 Å². The maximum atomic E-state index is 12.4. The van der Waals surface area contributed by atoms with Gasteiger partial charge in [-0.05, 0) is 36.6 Å². The minimum atomic E-state index is -2.96. The van der Waals surface area contributed by atoms with Crippen LogP contribution in [0, 0.1) is 5.92 Å². The van der Waals surface area contributed by atoms with Gasteiger partial charge in [0.1, 0.15) is 5.75 Å². The summed E-state index contributed by atoms with van der Waals surface area (Å²) in [7, 11) is 0. The van der Waals surface area contributed by atoms with Crippen molar-refractivity contribution in [3.8, 4) is 5.75 Å². The second-order valence-corrected chi connectivity index (χ2v) is 6.02. The number of hydrogen-bond donors (Lipinski definition) is 1. The van der Waals surface area contributed by atoms with Gasteiger partial charge in [-0.3, -0.25) is 4.79 Å². The fourth-order valence-electron chi connectivity index (χ4n) is 3.06. The molecule has 25 heavy (non-hydrogen) atoms. The molecule has 2 aromatic carbocycles. The molecule has 1 N–H and O–H groups in total. The Bertz CT molecular complexity index is 710. The summed E-state index contributed by atoms with van der Waals surface area (Å²) in [5, 5.41) is 2.84. The van der Waals surface area contributed by atoms with Crippen molar-refractivity contribution < 1.29 is 18.3 Å². The van der Waals surface area contributed by atoms with Crippen molar-refractivity contribution in [1.82, 2.24) is 5.32 Å². The highest BCUT2D eigenvalue weighted by molar-refractivity contribution is 5.96. The van der Waals surface area contributed by atoms with Gasteiger partial charge in [-0.25, -0.2) is 0 Å². The van der Waals surface area contributed by atoms with Crippen LogP contribution in [-0.4, -0.2) is 32.2 Å². The number of alkyl halides is 2. The first-order valence-electron chi connectivity index (χ1n) is 8.25. The van der Waals surface area contributed by atoms with E-state index in [1.54, 1.807) is 12.1 Å². The van der Waals surface area contributed by atoms with Crippen molar-refractivity contribution in [1.29, 1.82) is 0 Å². The monoisotopic (exact) mass is 346 g/mol. The van der Waals surface area contributed by atoms with Crippen molar-refractivity contribution in [2.45, 2.75) is 13.0 Å². The molecule has 0 saturated carbocycles. The van der Waals surface area contributed by atoms with E-state index in [1.807, 2.05) is 18.2 Å². The van der Waals surface area contributed by atoms with Crippen LogP contribution in [0.25, 0.3) is 0 Å². The fourth-order valence-corrected chi connectivity index (χ4v) is 3.06. The molecule has 2 aromatic rings. The number of hydrogen-bond acceptors (Lipinski definition) is 3. The van der Waals surface area contributed by atoms with E-state index < -0.39 is 12.5 Å². The third-order valence-corrected chi connectivity index (χ3v) is 4.31. The Labute approximate surface area is 145 Å². The molecular weight excluding hydrogens is 326 g/mol. The van der Waals surface area contributed by atoms with Gasteiger partial charge < -0.3 is 15.0 Å². The number of ether oxygens (including phenoxy) is 1. The smallest absolute Gasteiger partial charge is 0.387 e. The summed E-state index contributed by atoms with van der Waals surface area (Å²) < 4.78 is 29.3. The maximum Gasteiger partial charge on any atom is 0.387 e. The molecule has 0 aromatic heterocycles. The Morgan fingerprint density at radius 2 is 1.88 bits per heavy atom. The normalized spacial score (nSPS) is 16.9. The van der Waals surface area contributed by atoms with Gasteiger partial charge >= 0.3 is 6.61 Å². The summed E-state index contributed by atoms with van der Waals surface area (Å²) in [5.74, 6) is -0.172. The molecular formula is C19H20F2N2O2. The van der Waals surface area contributed by atoms with Crippen LogP contribution in [0.2, 0.25) is 0 Å². The van der Waals surface area contributed by atoms with Gasteiger partial charge in [0, 0.05) is 25.3 Å². The average Bonchev–Trinajstić information content (AvgIpc) is 3.09. The van der Waals surface area contributed by atoms with Gasteiger partial charge in [0.15, 0.2) is 0 Å². The third kappa shape index (κ3) is 4.47. The fraction of sp³-hybridized carbons (Fsp3) is 0.316. The third-order valence-electron chi connectivity index (χ3n) is 4.31. The molecule has 132 valence electrons. The van der Waals surface area contributed by atoms with Gasteiger partial charge in [-0.1, -0.05) is 30.3 Å². The molecule has 6 heteroatoms. The summed E-state index contributed by atoms with van der Waals surface area (Å²) in [6.07, 6.45) is 0.977. The van der Waals surface area contributed by atoms with Crippen LogP contribution in [0.5, 0.6) is 5.75 Å². The van der Waals surface area contributed by atoms with Crippen LogP contribution in [0.3, 0.4) is 0 Å². The van der Waals surface area contributed by atoms with E-state index in [1.165, 1.54) is 17.8 Å². The first-order chi connectivity index (χ1) is 12.1. The molecule has 1 amide bonds. The maximum absolute atomic E-state index is 12.4. The molecule has 1 aliphatic heterocycles. The summed E-state index contributed by atoms with van der Waals surface area (Å²) in [6.45, 7) is -0.650. The topological polar surface area (TPSA) is 41.6 Å². The predicted molar refractivity (Wildman–Crippen MR) is 92.2 cm³/mol. The lowest BCUT2D eigenvalue weighted by molar-refractivity contribution is -0.0501. The SMILES string of the molecule is O=C(NC[C@@H]1CCN(c2ccccc2)C1)c1ccccc1OC(F)F. The van der Waals surface area contributed by atoms with E-state index in [2.05, 4.69) is 27.1 Å². The highest BCUT2D eigenvalue weighted by Crippen LogP contribution is 2.24. The number of benzene rings is 2. The standard InChI is InChI=1S/C19H20F2N2O2/c20-19(21)25-17-9-5-4-8-16(17)18(24)22-12-14-10-11-23(13-14)15-6-2-1-3-7-15/h1-9,14,19H,10-13H2,(H,22,24)/t14-/m0/s1. The van der Waals surface area contributed by atoms with Crippen molar-refractivity contribution in [3.05, 3.63) is 60.2 Å². The Morgan fingerprint density at radius 1 is 1.16 bits per heavy atom. The van der Waals surface area contributed by atoms with Crippen LogP contribution in [0.4, 0.5) is 14.5 Å². The summed E-state index contributed by atoms with van der Waals surface area (Å²) in [4.78, 5) is 14.6. The van der Waals surface area contributed by atoms with Crippen LogP contribution in [-0.2, 0) is 0 Å². The number of anilines is 1. The predicted octanol–water partition coefficient (Wildman–Crippen LogP) is 3.54. The zero-order chi connectivity index (χ0) is 17.6. The molecule has 0 spiro atoms. The van der Waals surface area contributed by atoms with E-state index in [4.69, 9.17) is 0 Å². The van der Waals surface area contributed by atoms with E-state index in [-0.39, 0.29) is 11.3 Å². The molecule has 1 aliphatic rings. The first-order valence-corrected chi connectivity index (χ1v) is 8.25. The molecule has 3 rings (SSSR count). The number of nitrogens with one attached hydrogen (secondary N) is 1. The second kappa shape index (κ2) is 7.96. The average molecular weight is 346 g/mol. The van der Waals surface area contributed by atoms with E-state index in [0.29, 0.717) is 12.5 Å². The van der Waals surface area contributed by atoms with Crippen molar-refractivity contribution in [3.63, 3.8) is 0 Å². The number of amides is 1. The number of nitrogens with zero attached hydrogens (tertiary/aromatic N) is 1. The van der Waals surface area contributed by atoms with Crippen LogP contribution >= 0.6 is 0 Å². The largest absolute Gasteiger partial charge is 0.434 e. The van der Waals surface area contributed by atoms with Crippen LogP contribution in [0.15, 0.2) is 54.6 Å². The Hall–Kier alpha value is -2.63. The summed E-state index contributed by atoms with van der Waals surface area (Å²) in [6, 6.07) is 16.2. The lowest BCUT2D eigenvalue weighted by Crippen LogP contribution is -2.31. The van der Waals surface area contributed by atoms with E-state index >= 15 is 0 Å². The molecule has 4 nitrogen and oxygen atoms in total. The van der Waals surface area contributed by atoms with Crippen molar-refractivity contribution >= 4 is 11.6 Å². The Morgan fingerprint density at radius 3 is 2.64 bits per heavy atom. The molecule has 0 bridgehead atoms. The molecule has 1 heterocycles. The van der Waals surface area contributed by atoms with Crippen molar-refractivity contribution in [2.75, 3.05) is 24.5 Å². The lowest BCUT2D eigenvalue weighted by Gasteiger charge is -2.19. The van der Waals surface area contributed by atoms with Gasteiger partial charge in [-0.2, -0.15) is 8.78 Å². The minimum Gasteiger partial charge on any atom is -0.434 e. The van der Waals surface area contributed by atoms with Gasteiger partial charge in [0.25, 0.3) is 5.91 Å². The molecule has 0 radical (unpaired) electrons. The van der Waals surface area contributed by atoms with Crippen LogP contribution in [0.1, 0.15) is 16.8 Å². The quantitative estimate of drug-likeness (QED) is 0.870. The second-order valence-electron chi connectivity index (χ2n) is 6.02. The van der Waals surface area contributed by atoms with E-state index in [9.17, 15) is 13.6 Å². The highest BCUT2D eigenvalue weighted by Gasteiger charge is 2.24. The Kier molecular flexibility index (Phi) is 5.48. The molecule has 1 fully saturated rings. The van der Waals surface area contributed by atoms with Gasteiger partial charge in [0.2, 0.25) is 0 Å². The summed E-state index contributed by atoms with van der Waals surface area (Å²) >= 11 is 0. The molecule has 0 unspecified atom stereocenters. The molecule has 0 aliphatic carbocycles. The van der Waals surface area contributed by atoms with Crippen LogP contribution < -0.4 is 15.0 Å². The number of para-hydroxylation sites is 2. The highest BCUT2D eigenvalue weighted by atomic mass is 19.3. The van der Waals surface area contributed by atoms with E-state index in [0.717, 1.165) is 19.5 Å². The number of rotatable bonds is 6. The minimum absolute atomic E-state index is 0.104. The lowest BCUT2D eigenvalue weighted by atomic mass is 10.1. The molecule has 1 atom stereocenters.